The van der Waals surface area contributed by atoms with Crippen molar-refractivity contribution in [1.82, 2.24) is 9.97 Å². The number of aryl methyl sites for hydroxylation is 1. The van der Waals surface area contributed by atoms with Crippen molar-refractivity contribution in [3.05, 3.63) is 17.1 Å². The summed E-state index contributed by atoms with van der Waals surface area (Å²) in [6.07, 6.45) is 0. The number of nitrogens with one attached hydrogen (secondary N) is 1. The molecule has 0 bridgehead atoms. The number of hydrogen-bond acceptors (Lipinski definition) is 3. The van der Waals surface area contributed by atoms with E-state index in [1.807, 2.05) is 20.9 Å². The summed E-state index contributed by atoms with van der Waals surface area (Å²) in [4.78, 5) is 9.00. The maximum atomic E-state index is 4.50. The normalized spacial score (nSPS) is 11.6. The van der Waals surface area contributed by atoms with Gasteiger partial charge in [0.1, 0.15) is 11.6 Å². The Kier molecular flexibility index (Phi) is 2.79. The lowest BCUT2D eigenvalue weighted by atomic mass is 9.95. The highest BCUT2D eigenvalue weighted by Crippen LogP contribution is 2.22. The second kappa shape index (κ2) is 3.56. The summed E-state index contributed by atoms with van der Waals surface area (Å²) in [7, 11) is 1.89. The van der Waals surface area contributed by atoms with Gasteiger partial charge in [-0.15, -0.1) is 0 Å². The zero-order valence-corrected chi connectivity index (χ0v) is 9.89. The van der Waals surface area contributed by atoms with Crippen LogP contribution in [0.3, 0.4) is 0 Å². The summed E-state index contributed by atoms with van der Waals surface area (Å²) in [6.45, 7) is 10.4. The van der Waals surface area contributed by atoms with E-state index in [1.165, 1.54) is 0 Å². The van der Waals surface area contributed by atoms with Gasteiger partial charge in [0.25, 0.3) is 0 Å². The van der Waals surface area contributed by atoms with E-state index in [0.29, 0.717) is 0 Å². The van der Waals surface area contributed by atoms with Crippen LogP contribution in [-0.4, -0.2) is 17.0 Å². The van der Waals surface area contributed by atoms with Crippen molar-refractivity contribution in [2.75, 3.05) is 12.4 Å². The van der Waals surface area contributed by atoms with Gasteiger partial charge in [-0.2, -0.15) is 0 Å². The Balaban J connectivity index is 3.30. The highest BCUT2D eigenvalue weighted by molar-refractivity contribution is 5.45. The number of hydrogen-bond donors (Lipinski definition) is 1. The van der Waals surface area contributed by atoms with Crippen molar-refractivity contribution in [1.29, 1.82) is 0 Å². The molecule has 1 aromatic heterocycles. The van der Waals surface area contributed by atoms with E-state index >= 15 is 0 Å². The molecule has 1 rings (SSSR count). The monoisotopic (exact) mass is 193 g/mol. The number of nitrogens with zero attached hydrogens (tertiary/aromatic N) is 2. The van der Waals surface area contributed by atoms with Gasteiger partial charge in [0.05, 0.1) is 0 Å². The van der Waals surface area contributed by atoms with Gasteiger partial charge in [-0.3, -0.25) is 0 Å². The molecule has 0 fully saturated rings. The Hall–Kier alpha value is -1.12. The van der Waals surface area contributed by atoms with Crippen LogP contribution in [0, 0.1) is 13.8 Å². The Morgan fingerprint density at radius 1 is 1.07 bits per heavy atom. The fourth-order valence-corrected chi connectivity index (χ4v) is 1.21. The largest absolute Gasteiger partial charge is 0.373 e. The Bertz CT molecular complexity index is 337. The van der Waals surface area contributed by atoms with E-state index in [2.05, 4.69) is 36.1 Å². The highest BCUT2D eigenvalue weighted by atomic mass is 15.0. The highest BCUT2D eigenvalue weighted by Gasteiger charge is 2.19. The minimum absolute atomic E-state index is 0.00403. The van der Waals surface area contributed by atoms with E-state index in [9.17, 15) is 0 Å². The van der Waals surface area contributed by atoms with Gasteiger partial charge in [-0.25, -0.2) is 9.97 Å². The van der Waals surface area contributed by atoms with Crippen molar-refractivity contribution in [3.63, 3.8) is 0 Å². The summed E-state index contributed by atoms with van der Waals surface area (Å²) in [6, 6.07) is 0. The standard InChI is InChI=1S/C11H19N3/c1-7-8(2)13-10(11(3,4)5)14-9(7)12-6/h1-6H3,(H,12,13,14). The van der Waals surface area contributed by atoms with Crippen molar-refractivity contribution < 1.29 is 0 Å². The third-order valence-electron chi connectivity index (χ3n) is 2.30. The fourth-order valence-electron chi connectivity index (χ4n) is 1.21. The summed E-state index contributed by atoms with van der Waals surface area (Å²) >= 11 is 0. The van der Waals surface area contributed by atoms with Crippen molar-refractivity contribution in [2.24, 2.45) is 0 Å². The van der Waals surface area contributed by atoms with Gasteiger partial charge < -0.3 is 5.32 Å². The Morgan fingerprint density at radius 2 is 1.64 bits per heavy atom. The average Bonchev–Trinajstić information content (AvgIpc) is 2.07. The molecule has 3 heteroatoms. The molecular formula is C11H19N3. The summed E-state index contributed by atoms with van der Waals surface area (Å²) in [5, 5.41) is 3.10. The smallest absolute Gasteiger partial charge is 0.136 e. The molecule has 0 atom stereocenters. The molecule has 3 nitrogen and oxygen atoms in total. The maximum Gasteiger partial charge on any atom is 0.136 e. The molecule has 0 saturated heterocycles. The quantitative estimate of drug-likeness (QED) is 0.744. The first-order valence-corrected chi connectivity index (χ1v) is 4.89. The van der Waals surface area contributed by atoms with Gasteiger partial charge in [0.15, 0.2) is 0 Å². The second-order valence-corrected chi connectivity index (χ2v) is 4.61. The first-order valence-electron chi connectivity index (χ1n) is 4.89. The van der Waals surface area contributed by atoms with E-state index in [0.717, 1.165) is 22.9 Å². The van der Waals surface area contributed by atoms with Gasteiger partial charge >= 0.3 is 0 Å². The molecule has 0 spiro atoms. The zero-order chi connectivity index (χ0) is 10.9. The lowest BCUT2D eigenvalue weighted by Gasteiger charge is -2.19. The van der Waals surface area contributed by atoms with Gasteiger partial charge in [0.2, 0.25) is 0 Å². The van der Waals surface area contributed by atoms with E-state index in [-0.39, 0.29) is 5.41 Å². The topological polar surface area (TPSA) is 37.8 Å². The van der Waals surface area contributed by atoms with Crippen molar-refractivity contribution in [2.45, 2.75) is 40.0 Å². The molecule has 14 heavy (non-hydrogen) atoms. The third kappa shape index (κ3) is 2.03. The van der Waals surface area contributed by atoms with E-state index in [1.54, 1.807) is 0 Å². The van der Waals surface area contributed by atoms with Crippen LogP contribution in [0.25, 0.3) is 0 Å². The first kappa shape index (κ1) is 11.0. The minimum atomic E-state index is 0.00403. The molecule has 0 saturated carbocycles. The van der Waals surface area contributed by atoms with Crippen LogP contribution >= 0.6 is 0 Å². The summed E-state index contributed by atoms with van der Waals surface area (Å²) in [5.74, 6) is 1.83. The molecule has 78 valence electrons. The molecule has 0 amide bonds. The third-order valence-corrected chi connectivity index (χ3v) is 2.30. The maximum absolute atomic E-state index is 4.50. The lowest BCUT2D eigenvalue weighted by molar-refractivity contribution is 0.543. The van der Waals surface area contributed by atoms with Crippen molar-refractivity contribution in [3.8, 4) is 0 Å². The van der Waals surface area contributed by atoms with Gasteiger partial charge in [-0.05, 0) is 13.8 Å². The molecule has 0 unspecified atom stereocenters. The molecule has 1 aromatic rings. The summed E-state index contributed by atoms with van der Waals surface area (Å²) in [5.41, 5.74) is 2.18. The molecule has 1 N–H and O–H groups in total. The number of anilines is 1. The van der Waals surface area contributed by atoms with Crippen LogP contribution in [0.15, 0.2) is 0 Å². The zero-order valence-electron chi connectivity index (χ0n) is 9.89. The van der Waals surface area contributed by atoms with Crippen LogP contribution in [0.1, 0.15) is 37.9 Å². The van der Waals surface area contributed by atoms with Crippen LogP contribution in [0.2, 0.25) is 0 Å². The second-order valence-electron chi connectivity index (χ2n) is 4.61. The Morgan fingerprint density at radius 3 is 2.07 bits per heavy atom. The fraction of sp³-hybridized carbons (Fsp3) is 0.636. The van der Waals surface area contributed by atoms with Gasteiger partial charge in [-0.1, -0.05) is 20.8 Å². The van der Waals surface area contributed by atoms with Crippen LogP contribution in [0.5, 0.6) is 0 Å². The number of rotatable bonds is 1. The molecule has 0 aliphatic carbocycles. The first-order chi connectivity index (χ1) is 6.36. The van der Waals surface area contributed by atoms with Crippen LogP contribution in [-0.2, 0) is 5.41 Å². The van der Waals surface area contributed by atoms with E-state index < -0.39 is 0 Å². The van der Waals surface area contributed by atoms with E-state index in [4.69, 9.17) is 0 Å². The molecule has 0 aliphatic rings. The molecule has 0 aliphatic heterocycles. The van der Waals surface area contributed by atoms with Crippen molar-refractivity contribution >= 4 is 5.82 Å². The SMILES string of the molecule is CNc1nc(C(C)(C)C)nc(C)c1C. The van der Waals surface area contributed by atoms with Crippen LogP contribution < -0.4 is 5.32 Å². The minimum Gasteiger partial charge on any atom is -0.373 e. The predicted octanol–water partition coefficient (Wildman–Crippen LogP) is 2.43. The molecular weight excluding hydrogens is 174 g/mol. The predicted molar refractivity (Wildman–Crippen MR) is 59.8 cm³/mol. The molecule has 0 radical (unpaired) electrons. The van der Waals surface area contributed by atoms with Crippen LogP contribution in [0.4, 0.5) is 5.82 Å². The van der Waals surface area contributed by atoms with Gasteiger partial charge in [0, 0.05) is 23.7 Å². The molecule has 1 heterocycles. The lowest BCUT2D eigenvalue weighted by Crippen LogP contribution is -2.18. The number of aromatic nitrogens is 2. The Labute approximate surface area is 86.0 Å². The summed E-state index contributed by atoms with van der Waals surface area (Å²) < 4.78 is 0. The average molecular weight is 193 g/mol. The molecule has 0 aromatic carbocycles.